The molecule has 0 aromatic rings. The van der Waals surface area contributed by atoms with Gasteiger partial charge in [-0.25, -0.2) is 0 Å². The van der Waals surface area contributed by atoms with Crippen LogP contribution in [0.5, 0.6) is 0 Å². The maximum absolute atomic E-state index is 12.3. The van der Waals surface area contributed by atoms with Crippen molar-refractivity contribution in [3.05, 3.63) is 23.3 Å². The Kier molecular flexibility index (Phi) is 10.2. The van der Waals surface area contributed by atoms with E-state index in [2.05, 4.69) is 32.9 Å². The van der Waals surface area contributed by atoms with Gasteiger partial charge in [0.15, 0.2) is 25.2 Å². The monoisotopic (exact) mass is 852 g/mol. The van der Waals surface area contributed by atoms with Crippen molar-refractivity contribution < 1.29 is 62.9 Å². The van der Waals surface area contributed by atoms with Gasteiger partial charge in [0.25, 0.3) is 0 Å². The maximum Gasteiger partial charge on any atom is 0.302 e. The van der Waals surface area contributed by atoms with E-state index in [1.807, 2.05) is 6.92 Å². The first-order valence-corrected chi connectivity index (χ1v) is 23.4. The van der Waals surface area contributed by atoms with Crippen LogP contribution in [0.1, 0.15) is 125 Å². The number of ketones is 2. The summed E-state index contributed by atoms with van der Waals surface area (Å²) in [5, 5.41) is 31.5. The normalized spacial score (nSPS) is 51.3. The lowest BCUT2D eigenvalue weighted by Crippen LogP contribution is -2.64. The Hall–Kier alpha value is -2.07. The first-order valence-electron chi connectivity index (χ1n) is 23.4. The number of carbonyl (C=O) groups is 3. The van der Waals surface area contributed by atoms with E-state index in [9.17, 15) is 29.7 Å². The number of aliphatic hydroxyl groups excluding tert-OH is 2. The lowest BCUT2D eigenvalue weighted by Gasteiger charge is -2.60. The van der Waals surface area contributed by atoms with Crippen LogP contribution in [0.3, 0.4) is 0 Å². The minimum absolute atomic E-state index is 0.0217. The molecule has 13 heteroatoms. The summed E-state index contributed by atoms with van der Waals surface area (Å²) < 4.78 is 42.8. The first kappa shape index (κ1) is 42.9. The largest absolute Gasteiger partial charge is 0.462 e. The van der Waals surface area contributed by atoms with E-state index in [0.717, 1.165) is 51.4 Å². The highest BCUT2D eigenvalue weighted by Crippen LogP contribution is 2.72. The zero-order valence-electron chi connectivity index (χ0n) is 36.8. The summed E-state index contributed by atoms with van der Waals surface area (Å²) in [5.41, 5.74) is -0.243. The number of hydrogen-bond acceptors (Lipinski definition) is 13. The molecule has 11 rings (SSSR count). The summed E-state index contributed by atoms with van der Waals surface area (Å²) in [5.74, 6) is -0.758. The second-order valence-corrected chi connectivity index (χ2v) is 21.9. The molecule has 13 nitrogen and oxygen atoms in total. The van der Waals surface area contributed by atoms with Gasteiger partial charge in [0.2, 0.25) is 5.79 Å². The van der Waals surface area contributed by atoms with Crippen LogP contribution in [0, 0.1) is 57.2 Å². The smallest absolute Gasteiger partial charge is 0.302 e. The summed E-state index contributed by atoms with van der Waals surface area (Å²) in [6.07, 6.45) is 14.5. The Labute approximate surface area is 359 Å². The fraction of sp³-hybridized carbons (Fsp3) is 0.854. The minimum atomic E-state index is -1.52. The van der Waals surface area contributed by atoms with Crippen molar-refractivity contribution in [1.82, 2.24) is 0 Å². The zero-order chi connectivity index (χ0) is 43.0. The van der Waals surface area contributed by atoms with E-state index in [0.29, 0.717) is 76.0 Å². The molecule has 3 heterocycles. The van der Waals surface area contributed by atoms with Crippen LogP contribution in [-0.2, 0) is 47.5 Å². The van der Waals surface area contributed by atoms with Gasteiger partial charge < -0.3 is 48.5 Å². The predicted molar refractivity (Wildman–Crippen MR) is 217 cm³/mol. The van der Waals surface area contributed by atoms with E-state index >= 15 is 0 Å². The molecule has 11 aliphatic rings. The summed E-state index contributed by atoms with van der Waals surface area (Å²) >= 11 is 0. The maximum atomic E-state index is 12.3. The van der Waals surface area contributed by atoms with Crippen LogP contribution >= 0.6 is 0 Å². The molecule has 61 heavy (non-hydrogen) atoms. The van der Waals surface area contributed by atoms with Gasteiger partial charge in [0.05, 0.1) is 19.3 Å². The molecule has 0 bridgehead atoms. The van der Waals surface area contributed by atoms with Gasteiger partial charge in [-0.05, 0) is 98.7 Å². The van der Waals surface area contributed by atoms with E-state index < -0.39 is 46.7 Å². The lowest BCUT2D eigenvalue weighted by molar-refractivity contribution is -0.245. The van der Waals surface area contributed by atoms with Crippen LogP contribution in [0.4, 0.5) is 0 Å². The molecule has 3 saturated heterocycles. The van der Waals surface area contributed by atoms with E-state index in [1.54, 1.807) is 0 Å². The molecule has 0 radical (unpaired) electrons. The Morgan fingerprint density at radius 1 is 0.803 bits per heavy atom. The van der Waals surface area contributed by atoms with Gasteiger partial charge in [-0.1, -0.05) is 51.0 Å². The number of fused-ring (bicyclic) bond motifs is 12. The second-order valence-electron chi connectivity index (χ2n) is 21.9. The molecule has 0 amide bonds. The zero-order valence-corrected chi connectivity index (χ0v) is 36.8. The van der Waals surface area contributed by atoms with Crippen LogP contribution < -0.4 is 0 Å². The Morgan fingerprint density at radius 2 is 1.48 bits per heavy atom. The van der Waals surface area contributed by atoms with Gasteiger partial charge in [0.1, 0.15) is 36.3 Å². The summed E-state index contributed by atoms with van der Waals surface area (Å²) in [4.78, 5) is 36.6. The van der Waals surface area contributed by atoms with Crippen LogP contribution in [0.2, 0.25) is 0 Å². The topological polar surface area (TPSA) is 177 Å². The van der Waals surface area contributed by atoms with Crippen molar-refractivity contribution >= 4 is 17.5 Å². The number of hydrogen-bond donors (Lipinski definition) is 3. The highest BCUT2D eigenvalue weighted by molar-refractivity contribution is 5.89. The van der Waals surface area contributed by atoms with Crippen molar-refractivity contribution in [2.45, 2.75) is 159 Å². The third-order valence-electron chi connectivity index (χ3n) is 19.8. The quantitative estimate of drug-likeness (QED) is 0.241. The van der Waals surface area contributed by atoms with Gasteiger partial charge in [-0.2, -0.15) is 0 Å². The van der Waals surface area contributed by atoms with Gasteiger partial charge in [-0.3, -0.25) is 14.4 Å². The standard InChI is InChI=1S/C27H38O8.C21H30O5/c1-17(28)35-21-12-18-13-25(30-10-11-31-25)9-8-23(18,2)19-4-6-24(3)20(22(19)21)5-7-26(24)27(34-16-32-26)14-29-15-33-27;1-19-6-3-13(23)9-12(19)10-16(24)18-14(19)4-7-20(2)15(18)5-8-21(20,26)17(25)11-22/h4,18,20-22H,5-16H2,1-3H3;4,12,15-16,18,22,24,26H,3,5-11H2,1-2H3/t18-,20?,21-,22?,23+,24+,26-,27?;12-,15?,16+,18?,19-,20-,21-/m10/s1. The molecule has 8 aliphatic carbocycles. The lowest BCUT2D eigenvalue weighted by atomic mass is 9.47. The van der Waals surface area contributed by atoms with Crippen molar-refractivity contribution in [1.29, 1.82) is 0 Å². The van der Waals surface area contributed by atoms with Crippen molar-refractivity contribution in [3.63, 3.8) is 0 Å². The number of aliphatic hydroxyl groups is 3. The molecule has 338 valence electrons. The third kappa shape index (κ3) is 5.79. The second kappa shape index (κ2) is 14.5. The molecule has 5 unspecified atom stereocenters. The average Bonchev–Trinajstić information content (AvgIpc) is 4.07. The fourth-order valence-corrected chi connectivity index (χ4v) is 16.4. The molecular weight excluding hydrogens is 785 g/mol. The number of allylic oxidation sites excluding steroid dienone is 2. The molecule has 0 aromatic heterocycles. The highest BCUT2D eigenvalue weighted by atomic mass is 16.9. The number of ether oxygens (including phenoxy) is 7. The van der Waals surface area contributed by atoms with Gasteiger partial charge in [-0.15, -0.1) is 0 Å². The number of carbonyl (C=O) groups excluding carboxylic acids is 3. The first-order chi connectivity index (χ1) is 28.9. The number of Topliss-reactive ketones (excluding diaryl/α,β-unsaturated/α-hetero) is 2. The van der Waals surface area contributed by atoms with Gasteiger partial charge in [0, 0.05) is 55.3 Å². The summed E-state index contributed by atoms with van der Waals surface area (Å²) in [6, 6.07) is 0. The predicted octanol–water partition coefficient (Wildman–Crippen LogP) is 5.46. The Bertz CT molecular complexity index is 1880. The molecule has 3 N–H and O–H groups in total. The molecule has 6 saturated carbocycles. The summed E-state index contributed by atoms with van der Waals surface area (Å²) in [6.45, 7) is 12.0. The Balaban J connectivity index is 0.000000153. The Morgan fingerprint density at radius 3 is 2.18 bits per heavy atom. The fourth-order valence-electron chi connectivity index (χ4n) is 16.4. The third-order valence-corrected chi connectivity index (χ3v) is 19.8. The molecule has 9 fully saturated rings. The van der Waals surface area contributed by atoms with E-state index in [4.69, 9.17) is 33.2 Å². The molecule has 3 aliphatic heterocycles. The molecule has 0 aromatic carbocycles. The van der Waals surface area contributed by atoms with Crippen LogP contribution in [0.15, 0.2) is 23.3 Å². The number of esters is 1. The molecule has 15 atom stereocenters. The molecular formula is C48H68O13. The van der Waals surface area contributed by atoms with Crippen LogP contribution in [0.25, 0.3) is 0 Å². The van der Waals surface area contributed by atoms with E-state index in [1.165, 1.54) is 18.1 Å². The number of rotatable bonds is 3. The minimum Gasteiger partial charge on any atom is -0.462 e. The van der Waals surface area contributed by atoms with E-state index in [-0.39, 0.29) is 65.6 Å². The highest BCUT2D eigenvalue weighted by Gasteiger charge is 2.76. The summed E-state index contributed by atoms with van der Waals surface area (Å²) in [7, 11) is 0. The van der Waals surface area contributed by atoms with Crippen LogP contribution in [-0.4, -0.2) is 108 Å². The molecule has 3 spiro atoms. The van der Waals surface area contributed by atoms with Crippen molar-refractivity contribution in [2.75, 3.05) is 40.0 Å². The van der Waals surface area contributed by atoms with Crippen molar-refractivity contribution in [2.24, 2.45) is 57.2 Å². The van der Waals surface area contributed by atoms with Crippen molar-refractivity contribution in [3.8, 4) is 0 Å². The van der Waals surface area contributed by atoms with Gasteiger partial charge >= 0.3 is 5.97 Å². The SMILES string of the molecule is CC(=O)O[C@@H]1C[C@@H]2CC3(CC[C@]2(C)C2=CC[C@@]4(C)C(CC[C@@]45OCOC54COCO4)C21)OCCO3.C[C@]12CC=C3C(C1CC[C@]2(O)C(=O)CO)[C@H](O)C[C@@H]1CC(=O)CC[C@]31C. The average molecular weight is 853 g/mol.